The van der Waals surface area contributed by atoms with Crippen LogP contribution >= 0.6 is 0 Å². The minimum Gasteiger partial charge on any atom is -0.481 e. The Morgan fingerprint density at radius 2 is 1.26 bits per heavy atom. The fourth-order valence-corrected chi connectivity index (χ4v) is 7.80. The van der Waals surface area contributed by atoms with Gasteiger partial charge in [-0.1, -0.05) is 13.0 Å². The Labute approximate surface area is 430 Å². The average Bonchev–Trinajstić information content (AvgIpc) is 3.69. The Bertz CT molecular complexity index is 2640. The zero-order valence-corrected chi connectivity index (χ0v) is 43.5. The topological polar surface area (TPSA) is 193 Å². The van der Waals surface area contributed by atoms with Gasteiger partial charge in [0.2, 0.25) is 11.8 Å². The number of methoxy groups -OCH3 is 1. The molecule has 1 aliphatic heterocycles. The third-order valence-corrected chi connectivity index (χ3v) is 11.8. The number of aryl methyl sites for hydroxylation is 2. The number of ketones is 1. The van der Waals surface area contributed by atoms with Crippen molar-refractivity contribution < 1.29 is 51.1 Å². The quantitative estimate of drug-likeness (QED) is 0.0541. The number of imidazole rings is 1. The minimum atomic E-state index is -4.69. The predicted octanol–water partition coefficient (Wildman–Crippen LogP) is 7.09. The normalized spacial score (nSPS) is 12.7. The number of piperazine rings is 1. The van der Waals surface area contributed by atoms with Crippen molar-refractivity contribution in [1.82, 2.24) is 29.1 Å². The molecule has 0 atom stereocenters. The maximum Gasteiger partial charge on any atom is 0.418 e. The van der Waals surface area contributed by atoms with Gasteiger partial charge in [-0.15, -0.1) is 0 Å². The number of hydrogen-bond acceptors (Lipinski definition) is 16. The highest BCUT2D eigenvalue weighted by Crippen LogP contribution is 2.39. The van der Waals surface area contributed by atoms with Crippen molar-refractivity contribution in [2.45, 2.75) is 53.1 Å². The Kier molecular flexibility index (Phi) is 24.6. The Hall–Kier alpha value is -6.07. The number of carbonyl (C=O) groups is 1. The van der Waals surface area contributed by atoms with Crippen LogP contribution < -0.4 is 26.0 Å². The molecule has 0 spiro atoms. The smallest absolute Gasteiger partial charge is 0.418 e. The highest BCUT2D eigenvalue weighted by molar-refractivity contribution is 6.04. The maximum atomic E-state index is 14.8. The van der Waals surface area contributed by atoms with Crippen LogP contribution in [0.25, 0.3) is 38.8 Å². The van der Waals surface area contributed by atoms with E-state index in [1.54, 1.807) is 48.9 Å². The largest absolute Gasteiger partial charge is 0.481 e. The molecule has 0 unspecified atom stereocenters. The molecular formula is C53H72F3N9O9. The lowest BCUT2D eigenvalue weighted by Gasteiger charge is -2.37. The first-order valence-electron chi connectivity index (χ1n) is 25.1. The highest BCUT2D eigenvalue weighted by atomic mass is 19.4. The van der Waals surface area contributed by atoms with Crippen LogP contribution in [0, 0.1) is 0 Å². The van der Waals surface area contributed by atoms with Crippen molar-refractivity contribution in [1.29, 1.82) is 0 Å². The lowest BCUT2D eigenvalue weighted by atomic mass is 10.0. The number of Topliss-reactive ketones (excluding diaryl/α,β-unsaturated/α-hetero) is 1. The average molecular weight is 1040 g/mol. The summed E-state index contributed by atoms with van der Waals surface area (Å²) in [6.45, 7) is 17.9. The van der Waals surface area contributed by atoms with E-state index in [1.807, 2.05) is 56.9 Å². The second kappa shape index (κ2) is 31.0. The molecule has 0 amide bonds. The summed E-state index contributed by atoms with van der Waals surface area (Å²) in [7, 11) is 3.11. The monoisotopic (exact) mass is 1040 g/mol. The zero-order chi connectivity index (χ0) is 53.3. The Morgan fingerprint density at radius 1 is 0.676 bits per heavy atom. The molecule has 0 aliphatic carbocycles. The fraction of sp³-hybridized carbons (Fsp3) is 0.509. The van der Waals surface area contributed by atoms with E-state index in [4.69, 9.17) is 38.9 Å². The van der Waals surface area contributed by atoms with Gasteiger partial charge < -0.3 is 48.7 Å². The number of fused-ring (bicyclic) bond motifs is 3. The number of ether oxygens (including phenoxy) is 7. The van der Waals surface area contributed by atoms with Gasteiger partial charge in [0.15, 0.2) is 0 Å². The summed E-state index contributed by atoms with van der Waals surface area (Å²) < 4.78 is 83.0. The van der Waals surface area contributed by atoms with Gasteiger partial charge in [0, 0.05) is 114 Å². The van der Waals surface area contributed by atoms with Crippen molar-refractivity contribution in [3.8, 4) is 22.7 Å². The van der Waals surface area contributed by atoms with Crippen LogP contribution in [0.5, 0.6) is 5.88 Å². The number of alkyl halides is 3. The van der Waals surface area contributed by atoms with E-state index in [0.717, 1.165) is 42.6 Å². The number of pyridine rings is 2. The van der Waals surface area contributed by atoms with Gasteiger partial charge in [-0.25, -0.2) is 19.7 Å². The number of anilines is 2. The molecule has 18 nitrogen and oxygen atoms in total. The fourth-order valence-electron chi connectivity index (χ4n) is 7.80. The molecule has 5 heterocycles. The SMILES string of the molecule is CCC(=O)CCc1cnc(N2CCN(c3ccc(-n4c(=O)n(C)c5cnc6ccc(-c7ccc(OC)nc7)cc6c54)cc3C(F)(F)F)CC2)nc1.CCOCCOCCOCC.CCOCCOCCOCCN. The summed E-state index contributed by atoms with van der Waals surface area (Å²) in [6.07, 6.45) is 3.43. The number of hydrogen-bond donors (Lipinski definition) is 1. The van der Waals surface area contributed by atoms with Gasteiger partial charge in [-0.3, -0.25) is 18.9 Å². The number of nitrogens with two attached hydrogens (primary N) is 1. The predicted molar refractivity (Wildman–Crippen MR) is 280 cm³/mol. The summed E-state index contributed by atoms with van der Waals surface area (Å²) in [6, 6.07) is 13.2. The first-order valence-corrected chi connectivity index (χ1v) is 25.1. The number of rotatable bonds is 26. The Morgan fingerprint density at radius 3 is 1.80 bits per heavy atom. The van der Waals surface area contributed by atoms with E-state index >= 15 is 0 Å². The van der Waals surface area contributed by atoms with E-state index < -0.39 is 17.4 Å². The molecule has 6 aromatic rings. The first-order chi connectivity index (χ1) is 35.9. The number of nitrogens with zero attached hydrogens (tertiary/aromatic N) is 8. The third kappa shape index (κ3) is 17.3. The van der Waals surface area contributed by atoms with Gasteiger partial charge in [0.05, 0.1) is 101 Å². The zero-order valence-electron chi connectivity index (χ0n) is 43.5. The van der Waals surface area contributed by atoms with Gasteiger partial charge in [-0.05, 0) is 74.7 Å². The molecular weight excluding hydrogens is 964 g/mol. The molecule has 21 heteroatoms. The highest BCUT2D eigenvalue weighted by Gasteiger charge is 2.36. The van der Waals surface area contributed by atoms with Crippen molar-refractivity contribution in [3.05, 3.63) is 94.9 Å². The van der Waals surface area contributed by atoms with Crippen LogP contribution in [-0.4, -0.2) is 154 Å². The van der Waals surface area contributed by atoms with Crippen LogP contribution in [-0.2, 0) is 52.9 Å². The summed E-state index contributed by atoms with van der Waals surface area (Å²) in [4.78, 5) is 46.8. The van der Waals surface area contributed by atoms with Crippen molar-refractivity contribution in [2.75, 3.05) is 129 Å². The number of carbonyl (C=O) groups excluding carboxylic acids is 1. The molecule has 4 aromatic heterocycles. The molecule has 7 rings (SSSR count). The number of benzene rings is 2. The number of aromatic nitrogens is 6. The summed E-state index contributed by atoms with van der Waals surface area (Å²) in [5, 5.41) is 0.608. The second-order valence-corrected chi connectivity index (χ2v) is 16.7. The van der Waals surface area contributed by atoms with Crippen LogP contribution in [0.1, 0.15) is 51.7 Å². The second-order valence-electron chi connectivity index (χ2n) is 16.7. The number of halogens is 3. The van der Waals surface area contributed by atoms with Crippen LogP contribution in [0.4, 0.5) is 24.8 Å². The standard InChI is InChI=1S/C37H35F3N8O3.C8H19NO3.C8H18O3/c1-4-27(49)9-5-23-19-43-35(44-20-23)47-15-13-46(14-16-47)31-11-8-26(18-29(31)37(38,39)40)48-34-28-17-24(25-7-12-33(51-3)42-21-25)6-10-30(28)41-22-32(34)45(2)36(48)50;1-2-10-5-6-12-8-7-11-4-3-9;1-3-9-5-7-11-8-6-10-4-2/h6-8,10-12,17-22H,4-5,9,13-16H2,1-3H3;2-9H2,1H3;3-8H2,1-2H3. The van der Waals surface area contributed by atoms with Gasteiger partial charge in [0.1, 0.15) is 5.78 Å². The van der Waals surface area contributed by atoms with E-state index in [2.05, 4.69) is 19.9 Å². The molecule has 1 fully saturated rings. The van der Waals surface area contributed by atoms with Gasteiger partial charge in [0.25, 0.3) is 0 Å². The molecule has 2 N–H and O–H groups in total. The van der Waals surface area contributed by atoms with Crippen LogP contribution in [0.2, 0.25) is 0 Å². The van der Waals surface area contributed by atoms with Crippen molar-refractivity contribution >= 4 is 39.4 Å². The minimum absolute atomic E-state index is 0.0388. The third-order valence-electron chi connectivity index (χ3n) is 11.8. The van der Waals surface area contributed by atoms with Crippen molar-refractivity contribution in [3.63, 3.8) is 0 Å². The van der Waals surface area contributed by atoms with Gasteiger partial charge >= 0.3 is 11.9 Å². The summed E-state index contributed by atoms with van der Waals surface area (Å²) in [5.74, 6) is 1.13. The lowest BCUT2D eigenvalue weighted by molar-refractivity contribution is -0.137. The molecule has 404 valence electrons. The first kappa shape index (κ1) is 58.8. The molecule has 0 radical (unpaired) electrons. The molecule has 1 saturated heterocycles. The summed E-state index contributed by atoms with van der Waals surface area (Å²) >= 11 is 0. The maximum absolute atomic E-state index is 14.8. The molecule has 1 aliphatic rings. The van der Waals surface area contributed by atoms with E-state index in [0.29, 0.717) is 145 Å². The van der Waals surface area contributed by atoms with Crippen LogP contribution in [0.3, 0.4) is 0 Å². The molecule has 74 heavy (non-hydrogen) atoms. The van der Waals surface area contributed by atoms with Crippen LogP contribution in [0.15, 0.2) is 78.1 Å². The van der Waals surface area contributed by atoms with E-state index in [1.165, 1.54) is 22.3 Å². The molecule has 0 saturated carbocycles. The molecule has 0 bridgehead atoms. The van der Waals surface area contributed by atoms with Gasteiger partial charge in [-0.2, -0.15) is 13.2 Å². The summed E-state index contributed by atoms with van der Waals surface area (Å²) in [5.41, 5.74) is 8.01. The van der Waals surface area contributed by atoms with Crippen molar-refractivity contribution in [2.24, 2.45) is 12.8 Å². The van der Waals surface area contributed by atoms with E-state index in [-0.39, 0.29) is 17.2 Å². The Balaban J connectivity index is 0.000000366. The lowest BCUT2D eigenvalue weighted by Crippen LogP contribution is -2.47. The molecule has 2 aromatic carbocycles. The van der Waals surface area contributed by atoms with E-state index in [9.17, 15) is 22.8 Å².